The first-order valence-corrected chi connectivity index (χ1v) is 8.18. The molecule has 0 aliphatic carbocycles. The minimum Gasteiger partial charge on any atom is -0.384 e. The molecule has 2 saturated heterocycles. The van der Waals surface area contributed by atoms with Crippen LogP contribution in [0.3, 0.4) is 0 Å². The maximum atomic E-state index is 13.1. The molecule has 0 aromatic carbocycles. The standard InChI is InChI=1S/C15H25F4N3O2.2ClH/c1-24-11-14(2-4-20-5-3-14)13(23)22-8-6-21(7-9-22)10-15(18,19)12(16)17;;/h12,20H,2-11H2,1H3;2*1H. The zero-order valence-electron chi connectivity index (χ0n) is 14.7. The summed E-state index contributed by atoms with van der Waals surface area (Å²) in [5.74, 6) is -4.04. The fourth-order valence-corrected chi connectivity index (χ4v) is 3.41. The number of hydrogen-bond donors (Lipinski definition) is 1. The Kier molecular flexibility index (Phi) is 10.7. The molecule has 1 amide bonds. The Morgan fingerprint density at radius 3 is 2.15 bits per heavy atom. The Labute approximate surface area is 163 Å². The van der Waals surface area contributed by atoms with Crippen molar-refractivity contribution < 1.29 is 27.1 Å². The van der Waals surface area contributed by atoms with E-state index in [2.05, 4.69) is 5.32 Å². The number of nitrogens with one attached hydrogen (secondary N) is 1. The summed E-state index contributed by atoms with van der Waals surface area (Å²) >= 11 is 0. The van der Waals surface area contributed by atoms with Gasteiger partial charge in [0.05, 0.1) is 18.6 Å². The number of nitrogens with zero attached hydrogens (tertiary/aromatic N) is 2. The maximum absolute atomic E-state index is 13.1. The average molecular weight is 428 g/mol. The van der Waals surface area contributed by atoms with Crippen molar-refractivity contribution in [2.45, 2.75) is 25.2 Å². The SMILES string of the molecule is COCC1(C(=O)N2CCN(CC(F)(F)C(F)F)CC2)CCNCC1.Cl.Cl. The summed E-state index contributed by atoms with van der Waals surface area (Å²) in [7, 11) is 1.56. The number of methoxy groups -OCH3 is 1. The Balaban J connectivity index is 0.00000312. The fourth-order valence-electron chi connectivity index (χ4n) is 3.41. The van der Waals surface area contributed by atoms with Gasteiger partial charge in [-0.15, -0.1) is 24.8 Å². The van der Waals surface area contributed by atoms with Crippen LogP contribution < -0.4 is 5.32 Å². The van der Waals surface area contributed by atoms with Crippen LogP contribution in [-0.4, -0.2) is 87.6 Å². The van der Waals surface area contributed by atoms with Crippen molar-refractivity contribution in [2.75, 3.05) is 59.5 Å². The third-order valence-corrected chi connectivity index (χ3v) is 4.85. The molecule has 0 bridgehead atoms. The van der Waals surface area contributed by atoms with E-state index in [0.717, 1.165) is 13.1 Å². The van der Waals surface area contributed by atoms with E-state index in [-0.39, 0.29) is 56.9 Å². The topological polar surface area (TPSA) is 44.8 Å². The first-order valence-electron chi connectivity index (χ1n) is 8.18. The van der Waals surface area contributed by atoms with Gasteiger partial charge in [0.2, 0.25) is 5.91 Å². The van der Waals surface area contributed by atoms with Gasteiger partial charge in [-0.05, 0) is 25.9 Å². The molecule has 2 heterocycles. The molecule has 156 valence electrons. The molecule has 0 saturated carbocycles. The van der Waals surface area contributed by atoms with E-state index in [1.807, 2.05) is 0 Å². The summed E-state index contributed by atoms with van der Waals surface area (Å²) in [6, 6.07) is 0. The predicted molar refractivity (Wildman–Crippen MR) is 94.9 cm³/mol. The second-order valence-corrected chi connectivity index (χ2v) is 6.59. The van der Waals surface area contributed by atoms with E-state index in [1.54, 1.807) is 12.0 Å². The van der Waals surface area contributed by atoms with E-state index in [1.165, 1.54) is 4.90 Å². The molecule has 0 aromatic rings. The van der Waals surface area contributed by atoms with E-state index < -0.39 is 24.3 Å². The third-order valence-electron chi connectivity index (χ3n) is 4.85. The molecule has 2 aliphatic rings. The predicted octanol–water partition coefficient (Wildman–Crippen LogP) is 1.89. The molecule has 5 nitrogen and oxygen atoms in total. The van der Waals surface area contributed by atoms with Gasteiger partial charge in [0, 0.05) is 33.3 Å². The Hall–Kier alpha value is -0.350. The van der Waals surface area contributed by atoms with Gasteiger partial charge in [-0.25, -0.2) is 8.78 Å². The van der Waals surface area contributed by atoms with E-state index in [9.17, 15) is 22.4 Å². The molecule has 2 aliphatic heterocycles. The molecule has 0 aromatic heterocycles. The number of carbonyl (C=O) groups excluding carboxylic acids is 1. The normalized spacial score (nSPS) is 21.1. The Morgan fingerprint density at radius 2 is 1.69 bits per heavy atom. The van der Waals surface area contributed by atoms with Crippen LogP contribution in [0.4, 0.5) is 17.6 Å². The van der Waals surface area contributed by atoms with Crippen molar-refractivity contribution in [3.63, 3.8) is 0 Å². The summed E-state index contributed by atoms with van der Waals surface area (Å²) in [6.45, 7) is 1.72. The largest absolute Gasteiger partial charge is 0.384 e. The van der Waals surface area contributed by atoms with E-state index in [4.69, 9.17) is 4.74 Å². The summed E-state index contributed by atoms with van der Waals surface area (Å²) in [6.07, 6.45) is -2.33. The highest BCUT2D eigenvalue weighted by molar-refractivity contribution is 5.85. The van der Waals surface area contributed by atoms with E-state index >= 15 is 0 Å². The van der Waals surface area contributed by atoms with Crippen molar-refractivity contribution in [1.82, 2.24) is 15.1 Å². The van der Waals surface area contributed by atoms with Gasteiger partial charge in [0.15, 0.2) is 0 Å². The summed E-state index contributed by atoms with van der Waals surface area (Å²) in [5.41, 5.74) is -0.574. The highest BCUT2D eigenvalue weighted by Gasteiger charge is 2.45. The highest BCUT2D eigenvalue weighted by Crippen LogP contribution is 2.32. The molecule has 0 radical (unpaired) electrons. The second kappa shape index (κ2) is 10.8. The van der Waals surface area contributed by atoms with Gasteiger partial charge in [-0.3, -0.25) is 9.69 Å². The fraction of sp³-hybridized carbons (Fsp3) is 0.933. The number of rotatable bonds is 6. The lowest BCUT2D eigenvalue weighted by Crippen LogP contribution is -2.57. The first kappa shape index (κ1) is 25.6. The smallest absolute Gasteiger partial charge is 0.319 e. The van der Waals surface area contributed by atoms with Crippen LogP contribution in [0.15, 0.2) is 0 Å². The third kappa shape index (κ3) is 6.09. The van der Waals surface area contributed by atoms with Crippen LogP contribution >= 0.6 is 24.8 Å². The number of carbonyl (C=O) groups is 1. The van der Waals surface area contributed by atoms with Crippen molar-refractivity contribution in [3.05, 3.63) is 0 Å². The quantitative estimate of drug-likeness (QED) is 0.657. The van der Waals surface area contributed by atoms with Crippen LogP contribution in [0.5, 0.6) is 0 Å². The maximum Gasteiger partial charge on any atom is 0.319 e. The van der Waals surface area contributed by atoms with Crippen LogP contribution in [0.25, 0.3) is 0 Å². The van der Waals surface area contributed by atoms with Crippen LogP contribution in [-0.2, 0) is 9.53 Å². The number of alkyl halides is 4. The summed E-state index contributed by atoms with van der Waals surface area (Å²) < 4.78 is 56.1. The molecule has 11 heteroatoms. The number of amides is 1. The molecule has 0 spiro atoms. The molecule has 2 rings (SSSR count). The zero-order valence-corrected chi connectivity index (χ0v) is 16.3. The monoisotopic (exact) mass is 427 g/mol. The van der Waals surface area contributed by atoms with Gasteiger partial charge < -0.3 is 15.0 Å². The van der Waals surface area contributed by atoms with Gasteiger partial charge in [-0.1, -0.05) is 0 Å². The number of hydrogen-bond acceptors (Lipinski definition) is 4. The number of ether oxygens (including phenoxy) is 1. The Bertz CT molecular complexity index is 428. The lowest BCUT2D eigenvalue weighted by Gasteiger charge is -2.43. The molecular weight excluding hydrogens is 401 g/mol. The minimum absolute atomic E-state index is 0. The van der Waals surface area contributed by atoms with Crippen molar-refractivity contribution in [2.24, 2.45) is 5.41 Å². The molecule has 26 heavy (non-hydrogen) atoms. The van der Waals surface area contributed by atoms with E-state index in [0.29, 0.717) is 19.4 Å². The number of piperazine rings is 1. The second-order valence-electron chi connectivity index (χ2n) is 6.59. The molecule has 0 unspecified atom stereocenters. The average Bonchev–Trinajstić information content (AvgIpc) is 2.55. The van der Waals surface area contributed by atoms with Crippen molar-refractivity contribution in [3.8, 4) is 0 Å². The summed E-state index contributed by atoms with van der Waals surface area (Å²) in [4.78, 5) is 15.8. The molecule has 2 fully saturated rings. The van der Waals surface area contributed by atoms with Gasteiger partial charge in [0.25, 0.3) is 0 Å². The molecule has 1 N–H and O–H groups in total. The molecule has 0 atom stereocenters. The van der Waals surface area contributed by atoms with Crippen LogP contribution in [0.2, 0.25) is 0 Å². The van der Waals surface area contributed by atoms with Crippen LogP contribution in [0, 0.1) is 5.41 Å². The van der Waals surface area contributed by atoms with Gasteiger partial charge >= 0.3 is 12.3 Å². The minimum atomic E-state index is -4.02. The van der Waals surface area contributed by atoms with Crippen molar-refractivity contribution >= 4 is 30.7 Å². The lowest BCUT2D eigenvalue weighted by molar-refractivity contribution is -0.155. The first-order chi connectivity index (χ1) is 11.3. The van der Waals surface area contributed by atoms with Gasteiger partial charge in [0.1, 0.15) is 0 Å². The highest BCUT2D eigenvalue weighted by atomic mass is 35.5. The number of halogens is 6. The molecular formula is C15H27Cl2F4N3O2. The Morgan fingerprint density at radius 1 is 1.15 bits per heavy atom. The summed E-state index contributed by atoms with van der Waals surface area (Å²) in [5, 5.41) is 3.21. The number of piperidine rings is 1. The van der Waals surface area contributed by atoms with Crippen LogP contribution in [0.1, 0.15) is 12.8 Å². The zero-order chi connectivity index (χ0) is 17.8. The van der Waals surface area contributed by atoms with Gasteiger partial charge in [-0.2, -0.15) is 8.78 Å². The lowest BCUT2D eigenvalue weighted by atomic mass is 9.78. The van der Waals surface area contributed by atoms with Crippen molar-refractivity contribution in [1.29, 1.82) is 0 Å².